The molecule has 3 nitrogen and oxygen atoms in total. The summed E-state index contributed by atoms with van der Waals surface area (Å²) in [4.78, 5) is 23.9. The Kier molecular flexibility index (Phi) is 2.19. The fourth-order valence-corrected chi connectivity index (χ4v) is 3.48. The summed E-state index contributed by atoms with van der Waals surface area (Å²) in [5, 5.41) is 0. The highest BCUT2D eigenvalue weighted by Crippen LogP contribution is 2.51. The molecule has 2 unspecified atom stereocenters. The zero-order valence-corrected chi connectivity index (χ0v) is 10.7. The second-order valence-electron chi connectivity index (χ2n) is 5.59. The molecule has 2 aliphatic carbocycles. The number of rotatable bonds is 0. The topological polar surface area (TPSA) is 43.4 Å². The van der Waals surface area contributed by atoms with Crippen molar-refractivity contribution < 1.29 is 14.3 Å². The van der Waals surface area contributed by atoms with Gasteiger partial charge in [0.05, 0.1) is 5.41 Å². The molecule has 0 aromatic rings. The van der Waals surface area contributed by atoms with Gasteiger partial charge in [-0.1, -0.05) is 18.2 Å². The third-order valence-electron chi connectivity index (χ3n) is 4.64. The van der Waals surface area contributed by atoms with Crippen LogP contribution < -0.4 is 0 Å². The van der Waals surface area contributed by atoms with Crippen LogP contribution in [0.15, 0.2) is 35.5 Å². The maximum atomic E-state index is 12.2. The van der Waals surface area contributed by atoms with E-state index in [1.807, 2.05) is 13.0 Å². The van der Waals surface area contributed by atoms with Gasteiger partial charge in [0.15, 0.2) is 5.78 Å². The number of esters is 1. The lowest BCUT2D eigenvalue weighted by atomic mass is 9.72. The molecule has 3 aliphatic rings. The van der Waals surface area contributed by atoms with Gasteiger partial charge in [0.1, 0.15) is 6.10 Å². The van der Waals surface area contributed by atoms with Crippen LogP contribution in [0.5, 0.6) is 0 Å². The molecule has 0 radical (unpaired) electrons. The Hall–Kier alpha value is -1.64. The summed E-state index contributed by atoms with van der Waals surface area (Å²) in [5.41, 5.74) is 2.07. The minimum Gasteiger partial charge on any atom is -0.457 e. The molecule has 1 aliphatic heterocycles. The Balaban J connectivity index is 2.16. The number of allylic oxidation sites excluding steroid dienone is 3. The molecule has 0 N–H and O–H groups in total. The van der Waals surface area contributed by atoms with E-state index >= 15 is 0 Å². The third kappa shape index (κ3) is 1.19. The molecule has 0 aromatic carbocycles. The summed E-state index contributed by atoms with van der Waals surface area (Å²) in [6.07, 6.45) is 4.83. The Morgan fingerprint density at radius 3 is 2.83 bits per heavy atom. The molecule has 0 spiro atoms. The standard InChI is InChI=1S/C15H16O3/c1-8-4-5-10-9(2)14(17)18-13(10)15(3)11(8)6-7-12(15)16/h6-7,10,13H,2,4-5H2,1,3H3/t10?,13?,15-/m0/s1. The van der Waals surface area contributed by atoms with Gasteiger partial charge in [0.25, 0.3) is 0 Å². The molecule has 0 amide bonds. The number of hydrogen-bond acceptors (Lipinski definition) is 3. The average molecular weight is 244 g/mol. The van der Waals surface area contributed by atoms with Crippen molar-refractivity contribution in [3.05, 3.63) is 35.5 Å². The second-order valence-corrected chi connectivity index (χ2v) is 5.59. The van der Waals surface area contributed by atoms with Crippen LogP contribution in [0.2, 0.25) is 0 Å². The lowest BCUT2D eigenvalue weighted by molar-refractivity contribution is -0.146. The summed E-state index contributed by atoms with van der Waals surface area (Å²) in [6.45, 7) is 7.78. The van der Waals surface area contributed by atoms with Gasteiger partial charge in [-0.2, -0.15) is 0 Å². The highest BCUT2D eigenvalue weighted by Gasteiger charge is 2.56. The van der Waals surface area contributed by atoms with Crippen LogP contribution in [0.25, 0.3) is 0 Å². The van der Waals surface area contributed by atoms with E-state index in [2.05, 4.69) is 13.5 Å². The van der Waals surface area contributed by atoms with Crippen LogP contribution in [0.1, 0.15) is 26.7 Å². The zero-order valence-electron chi connectivity index (χ0n) is 10.7. The molecule has 18 heavy (non-hydrogen) atoms. The first-order valence-electron chi connectivity index (χ1n) is 6.28. The molecule has 0 aromatic heterocycles. The summed E-state index contributed by atoms with van der Waals surface area (Å²) in [5.74, 6) is -0.333. The molecular weight excluding hydrogens is 228 g/mol. The molecule has 1 fully saturated rings. The Labute approximate surface area is 106 Å². The lowest BCUT2D eigenvalue weighted by Gasteiger charge is -2.32. The number of ketones is 1. The van der Waals surface area contributed by atoms with Gasteiger partial charge in [-0.3, -0.25) is 4.79 Å². The van der Waals surface area contributed by atoms with Gasteiger partial charge in [0, 0.05) is 11.5 Å². The predicted molar refractivity (Wildman–Crippen MR) is 66.7 cm³/mol. The largest absolute Gasteiger partial charge is 0.457 e. The predicted octanol–water partition coefficient (Wildman–Crippen LogP) is 2.34. The number of carbonyl (C=O) groups is 2. The zero-order chi connectivity index (χ0) is 13.1. The van der Waals surface area contributed by atoms with Crippen molar-refractivity contribution in [1.29, 1.82) is 0 Å². The van der Waals surface area contributed by atoms with Gasteiger partial charge >= 0.3 is 5.97 Å². The van der Waals surface area contributed by atoms with E-state index < -0.39 is 5.41 Å². The van der Waals surface area contributed by atoms with Gasteiger partial charge in [0.2, 0.25) is 0 Å². The third-order valence-corrected chi connectivity index (χ3v) is 4.64. The first-order chi connectivity index (χ1) is 8.46. The van der Waals surface area contributed by atoms with Crippen LogP contribution >= 0.6 is 0 Å². The van der Waals surface area contributed by atoms with E-state index in [9.17, 15) is 9.59 Å². The molecule has 3 atom stereocenters. The molecule has 0 saturated carbocycles. The van der Waals surface area contributed by atoms with Crippen LogP contribution in [0, 0.1) is 11.3 Å². The fourth-order valence-electron chi connectivity index (χ4n) is 3.48. The summed E-state index contributed by atoms with van der Waals surface area (Å²) < 4.78 is 5.46. The first-order valence-corrected chi connectivity index (χ1v) is 6.28. The van der Waals surface area contributed by atoms with Crippen LogP contribution in [-0.4, -0.2) is 17.9 Å². The van der Waals surface area contributed by atoms with Gasteiger partial charge in [-0.15, -0.1) is 0 Å². The Bertz CT molecular complexity index is 538. The second kappa shape index (κ2) is 3.44. The van der Waals surface area contributed by atoms with Crippen LogP contribution in [-0.2, 0) is 14.3 Å². The molecule has 94 valence electrons. The SMILES string of the molecule is C=C1C(=O)OC2C1CCC(C)=C1C=CC(=O)[C@]12C. The van der Waals surface area contributed by atoms with Gasteiger partial charge in [-0.05, 0) is 38.3 Å². The average Bonchev–Trinajstić information content (AvgIpc) is 2.75. The maximum Gasteiger partial charge on any atom is 0.334 e. The smallest absolute Gasteiger partial charge is 0.334 e. The van der Waals surface area contributed by atoms with Crippen molar-refractivity contribution in [3.8, 4) is 0 Å². The van der Waals surface area contributed by atoms with Crippen molar-refractivity contribution in [3.63, 3.8) is 0 Å². The molecular formula is C15H16O3. The van der Waals surface area contributed by atoms with Crippen LogP contribution in [0.3, 0.4) is 0 Å². The van der Waals surface area contributed by atoms with E-state index in [1.54, 1.807) is 6.08 Å². The Morgan fingerprint density at radius 1 is 1.39 bits per heavy atom. The van der Waals surface area contributed by atoms with E-state index in [4.69, 9.17) is 4.74 Å². The van der Waals surface area contributed by atoms with E-state index in [0.29, 0.717) is 5.57 Å². The van der Waals surface area contributed by atoms with Crippen molar-refractivity contribution in [2.24, 2.45) is 11.3 Å². The molecule has 1 saturated heterocycles. The summed E-state index contributed by atoms with van der Waals surface area (Å²) >= 11 is 0. The van der Waals surface area contributed by atoms with E-state index in [0.717, 1.165) is 18.4 Å². The van der Waals surface area contributed by atoms with Crippen molar-refractivity contribution in [2.75, 3.05) is 0 Å². The highest BCUT2D eigenvalue weighted by atomic mass is 16.6. The highest BCUT2D eigenvalue weighted by molar-refractivity contribution is 6.03. The Morgan fingerprint density at radius 2 is 2.11 bits per heavy atom. The molecule has 3 heteroatoms. The minimum atomic E-state index is -0.708. The van der Waals surface area contributed by atoms with Crippen molar-refractivity contribution in [2.45, 2.75) is 32.8 Å². The molecule has 3 rings (SSSR count). The normalized spacial score (nSPS) is 38.7. The van der Waals surface area contributed by atoms with E-state index in [1.165, 1.54) is 5.57 Å². The number of ether oxygens (including phenoxy) is 1. The fraction of sp³-hybridized carbons (Fsp3) is 0.467. The van der Waals surface area contributed by atoms with Crippen molar-refractivity contribution >= 4 is 11.8 Å². The number of fused-ring (bicyclic) bond motifs is 3. The molecule has 0 bridgehead atoms. The van der Waals surface area contributed by atoms with Gasteiger partial charge < -0.3 is 4.74 Å². The number of carbonyl (C=O) groups excluding carboxylic acids is 2. The van der Waals surface area contributed by atoms with E-state index in [-0.39, 0.29) is 23.8 Å². The monoisotopic (exact) mass is 244 g/mol. The van der Waals surface area contributed by atoms with Gasteiger partial charge in [-0.25, -0.2) is 4.79 Å². The molecule has 1 heterocycles. The van der Waals surface area contributed by atoms with Crippen molar-refractivity contribution in [1.82, 2.24) is 0 Å². The maximum absolute atomic E-state index is 12.2. The number of hydrogen-bond donors (Lipinski definition) is 0. The van der Waals surface area contributed by atoms with Crippen LogP contribution in [0.4, 0.5) is 0 Å². The first kappa shape index (κ1) is 11.5. The minimum absolute atomic E-state index is 0.0289. The summed E-state index contributed by atoms with van der Waals surface area (Å²) in [6, 6.07) is 0. The summed E-state index contributed by atoms with van der Waals surface area (Å²) in [7, 11) is 0. The lowest BCUT2D eigenvalue weighted by Crippen LogP contribution is -2.41. The quantitative estimate of drug-likeness (QED) is 0.485.